The highest BCUT2D eigenvalue weighted by molar-refractivity contribution is 6.30. The molecule has 180 valence electrons. The Balaban J connectivity index is 1.52. The van der Waals surface area contributed by atoms with Gasteiger partial charge in [0.25, 0.3) is 0 Å². The van der Waals surface area contributed by atoms with Gasteiger partial charge in [0.1, 0.15) is 11.5 Å². The van der Waals surface area contributed by atoms with E-state index in [4.69, 9.17) is 11.6 Å². The molecule has 5 N–H and O–H groups in total. The number of hydrogen-bond donors (Lipinski definition) is 5. The third kappa shape index (κ3) is 8.06. The summed E-state index contributed by atoms with van der Waals surface area (Å²) in [6.07, 6.45) is 0.0909. The largest absolute Gasteiger partial charge is 0.508 e. The zero-order valence-corrected chi connectivity index (χ0v) is 20.1. The number of β-amino-alcohol motifs (C(OH)–C–C–N with tert-alkyl or cyclic N) is 1. The van der Waals surface area contributed by atoms with Crippen LogP contribution in [0.2, 0.25) is 5.02 Å². The third-order valence-corrected chi connectivity index (χ3v) is 5.74. The molecule has 0 heterocycles. The molecule has 0 unspecified atom stereocenters. The molecular formula is C27H31ClN2O4. The maximum Gasteiger partial charge on any atom is 0.224 e. The van der Waals surface area contributed by atoms with Gasteiger partial charge in [-0.25, -0.2) is 0 Å². The highest BCUT2D eigenvalue weighted by Gasteiger charge is 2.20. The molecule has 7 heteroatoms. The minimum absolute atomic E-state index is 0.0537. The molecule has 0 aliphatic heterocycles. The van der Waals surface area contributed by atoms with Gasteiger partial charge in [-0.2, -0.15) is 0 Å². The first-order valence-corrected chi connectivity index (χ1v) is 11.5. The number of amides is 1. The minimum Gasteiger partial charge on any atom is -0.508 e. The van der Waals surface area contributed by atoms with Crippen molar-refractivity contribution in [2.75, 3.05) is 6.54 Å². The molecule has 0 radical (unpaired) electrons. The number of benzene rings is 3. The molecule has 3 rings (SSSR count). The molecule has 1 atom stereocenters. The maximum atomic E-state index is 12.4. The van der Waals surface area contributed by atoms with E-state index < -0.39 is 6.10 Å². The van der Waals surface area contributed by atoms with E-state index in [1.807, 2.05) is 50.2 Å². The first-order chi connectivity index (χ1) is 16.1. The van der Waals surface area contributed by atoms with Gasteiger partial charge in [-0.1, -0.05) is 48.0 Å². The number of rotatable bonds is 10. The first kappa shape index (κ1) is 25.6. The van der Waals surface area contributed by atoms with Crippen LogP contribution in [-0.4, -0.2) is 33.3 Å². The molecule has 3 aromatic rings. The molecule has 0 bridgehead atoms. The summed E-state index contributed by atoms with van der Waals surface area (Å²) in [5, 5.41) is 36.7. The van der Waals surface area contributed by atoms with Crippen molar-refractivity contribution in [1.82, 2.24) is 10.6 Å². The van der Waals surface area contributed by atoms with Gasteiger partial charge < -0.3 is 26.0 Å². The van der Waals surface area contributed by atoms with Gasteiger partial charge in [-0.3, -0.25) is 4.79 Å². The molecule has 0 saturated carbocycles. The Bertz CT molecular complexity index is 1100. The number of carbonyl (C=O) groups is 1. The molecule has 1 amide bonds. The third-order valence-electron chi connectivity index (χ3n) is 5.49. The van der Waals surface area contributed by atoms with Crippen molar-refractivity contribution in [2.24, 2.45) is 0 Å². The molecule has 34 heavy (non-hydrogen) atoms. The predicted octanol–water partition coefficient (Wildman–Crippen LogP) is 4.25. The second-order valence-corrected chi connectivity index (χ2v) is 9.58. The molecule has 0 fully saturated rings. The lowest BCUT2D eigenvalue weighted by molar-refractivity contribution is -0.120. The standard InChI is InChI=1S/C27H31ClN2O4/c1-27(2,30-17-25(33)21-12-23(31)14-24(32)13-21)15-20-5-3-4-19(10-20)11-26(34)29-16-18-6-8-22(28)9-7-18/h3-10,12-14,25,30-33H,11,15-17H2,1-2H3,(H,29,34)/t25-/m0/s1. The fraction of sp³-hybridized carbons (Fsp3) is 0.296. The van der Waals surface area contributed by atoms with E-state index in [-0.39, 0.29) is 35.9 Å². The summed E-state index contributed by atoms with van der Waals surface area (Å²) in [6, 6.07) is 19.4. The number of aromatic hydroxyl groups is 2. The van der Waals surface area contributed by atoms with Crippen LogP contribution in [0.25, 0.3) is 0 Å². The van der Waals surface area contributed by atoms with E-state index in [0.29, 0.717) is 23.6 Å². The summed E-state index contributed by atoms with van der Waals surface area (Å²) >= 11 is 5.89. The van der Waals surface area contributed by atoms with E-state index in [1.165, 1.54) is 18.2 Å². The quantitative estimate of drug-likeness (QED) is 0.297. The number of hydrogen-bond acceptors (Lipinski definition) is 5. The Hall–Kier alpha value is -3.06. The van der Waals surface area contributed by atoms with Crippen LogP contribution >= 0.6 is 11.6 Å². The van der Waals surface area contributed by atoms with Crippen LogP contribution in [0.4, 0.5) is 0 Å². The van der Waals surface area contributed by atoms with Crippen LogP contribution in [-0.2, 0) is 24.2 Å². The lowest BCUT2D eigenvalue weighted by Crippen LogP contribution is -2.43. The van der Waals surface area contributed by atoms with Gasteiger partial charge >= 0.3 is 0 Å². The van der Waals surface area contributed by atoms with Gasteiger partial charge in [0, 0.05) is 29.7 Å². The van der Waals surface area contributed by atoms with Crippen LogP contribution in [0.15, 0.2) is 66.7 Å². The number of halogens is 1. The second kappa shape index (κ2) is 11.4. The molecule has 0 aliphatic carbocycles. The average Bonchev–Trinajstić information content (AvgIpc) is 2.76. The fourth-order valence-corrected chi connectivity index (χ4v) is 3.90. The second-order valence-electron chi connectivity index (χ2n) is 9.14. The summed E-state index contributed by atoms with van der Waals surface area (Å²) in [6.45, 7) is 4.77. The summed E-state index contributed by atoms with van der Waals surface area (Å²) in [4.78, 5) is 12.4. The molecule has 3 aromatic carbocycles. The zero-order chi connectivity index (χ0) is 24.7. The van der Waals surface area contributed by atoms with E-state index in [1.54, 1.807) is 12.1 Å². The highest BCUT2D eigenvalue weighted by Crippen LogP contribution is 2.25. The van der Waals surface area contributed by atoms with E-state index in [2.05, 4.69) is 10.6 Å². The van der Waals surface area contributed by atoms with Crippen molar-refractivity contribution in [3.05, 3.63) is 94.0 Å². The van der Waals surface area contributed by atoms with Crippen LogP contribution in [0.1, 0.15) is 42.2 Å². The first-order valence-electron chi connectivity index (χ1n) is 11.1. The van der Waals surface area contributed by atoms with Crippen molar-refractivity contribution < 1.29 is 20.1 Å². The van der Waals surface area contributed by atoms with E-state index in [0.717, 1.165) is 16.7 Å². The lowest BCUT2D eigenvalue weighted by Gasteiger charge is -2.28. The molecule has 0 aliphatic rings. The molecule has 6 nitrogen and oxygen atoms in total. The Morgan fingerprint density at radius 3 is 2.26 bits per heavy atom. The Labute approximate surface area is 205 Å². The number of phenols is 2. The van der Waals surface area contributed by atoms with Crippen LogP contribution in [0, 0.1) is 0 Å². The van der Waals surface area contributed by atoms with Crippen molar-refractivity contribution >= 4 is 17.5 Å². The Morgan fingerprint density at radius 1 is 0.941 bits per heavy atom. The smallest absolute Gasteiger partial charge is 0.224 e. The fourth-order valence-electron chi connectivity index (χ4n) is 3.77. The summed E-state index contributed by atoms with van der Waals surface area (Å²) in [5.74, 6) is -0.244. The van der Waals surface area contributed by atoms with Gasteiger partial charge in [0.15, 0.2) is 0 Å². The number of aliphatic hydroxyl groups is 1. The predicted molar refractivity (Wildman–Crippen MR) is 134 cm³/mol. The zero-order valence-electron chi connectivity index (χ0n) is 19.4. The van der Waals surface area contributed by atoms with Crippen molar-refractivity contribution in [2.45, 2.75) is 44.9 Å². The van der Waals surface area contributed by atoms with Gasteiger partial charge in [-0.15, -0.1) is 0 Å². The van der Waals surface area contributed by atoms with Gasteiger partial charge in [-0.05, 0) is 66.8 Å². The Morgan fingerprint density at radius 2 is 1.59 bits per heavy atom. The molecule has 0 aromatic heterocycles. The van der Waals surface area contributed by atoms with E-state index >= 15 is 0 Å². The summed E-state index contributed by atoms with van der Waals surface area (Å²) in [5.41, 5.74) is 3.09. The van der Waals surface area contributed by atoms with Crippen molar-refractivity contribution in [1.29, 1.82) is 0 Å². The monoisotopic (exact) mass is 482 g/mol. The minimum atomic E-state index is -0.882. The van der Waals surface area contributed by atoms with Crippen molar-refractivity contribution in [3.8, 4) is 11.5 Å². The maximum absolute atomic E-state index is 12.4. The Kier molecular flexibility index (Phi) is 8.56. The van der Waals surface area contributed by atoms with Crippen LogP contribution in [0.3, 0.4) is 0 Å². The molecular weight excluding hydrogens is 452 g/mol. The van der Waals surface area contributed by atoms with E-state index in [9.17, 15) is 20.1 Å². The van der Waals surface area contributed by atoms with Gasteiger partial charge in [0.05, 0.1) is 12.5 Å². The average molecular weight is 483 g/mol. The molecule has 0 saturated heterocycles. The normalized spacial score (nSPS) is 12.4. The topological polar surface area (TPSA) is 102 Å². The number of nitrogens with one attached hydrogen (secondary N) is 2. The summed E-state index contributed by atoms with van der Waals surface area (Å²) in [7, 11) is 0. The van der Waals surface area contributed by atoms with Crippen LogP contribution < -0.4 is 10.6 Å². The van der Waals surface area contributed by atoms with Crippen molar-refractivity contribution in [3.63, 3.8) is 0 Å². The molecule has 0 spiro atoms. The number of carbonyl (C=O) groups excluding carboxylic acids is 1. The summed E-state index contributed by atoms with van der Waals surface area (Å²) < 4.78 is 0. The SMILES string of the molecule is CC(C)(Cc1cccc(CC(=O)NCc2ccc(Cl)cc2)c1)NC[C@H](O)c1cc(O)cc(O)c1. The highest BCUT2D eigenvalue weighted by atomic mass is 35.5. The van der Waals surface area contributed by atoms with Crippen LogP contribution in [0.5, 0.6) is 11.5 Å². The number of phenolic OH excluding ortho intramolecular Hbond substituents is 2. The lowest BCUT2D eigenvalue weighted by atomic mass is 9.93. The number of aliphatic hydroxyl groups excluding tert-OH is 1. The van der Waals surface area contributed by atoms with Gasteiger partial charge in [0.2, 0.25) is 5.91 Å².